The highest BCUT2D eigenvalue weighted by molar-refractivity contribution is 7.82. The first-order chi connectivity index (χ1) is 29.8. The maximum atomic E-state index is 16.8. The molecule has 0 amide bonds. The van der Waals surface area contributed by atoms with Crippen LogP contribution in [0.15, 0.2) is 217 Å². The summed E-state index contributed by atoms with van der Waals surface area (Å²) in [7, 11) is -3.36. The van der Waals surface area contributed by atoms with Gasteiger partial charge in [0.15, 0.2) is 7.14 Å². The maximum Gasteiger partial charge on any atom is 0.171 e. The van der Waals surface area contributed by atoms with Crippen molar-refractivity contribution in [2.75, 3.05) is 0 Å². The molecule has 296 valence electrons. The van der Waals surface area contributed by atoms with Crippen LogP contribution >= 0.6 is 7.14 Å². The zero-order valence-corrected chi connectivity index (χ0v) is 35.8. The minimum atomic E-state index is -3.36. The SMILES string of the molecule is CC1C=CC=CC1C1C=C(c2ccccc2)C=C(C2(C)C=CC3=C(C2)C2(c4ccccc4-n4c5ccccc5c5cccc2c54)c2ccccc2P3(=O)c2ccccc2)C1C. The summed E-state index contributed by atoms with van der Waals surface area (Å²) in [5.41, 5.74) is 11.4. The Bertz CT molecular complexity index is 3210. The Morgan fingerprint density at radius 3 is 2.15 bits per heavy atom. The molecule has 6 aromatic carbocycles. The fourth-order valence-electron chi connectivity index (χ4n) is 12.3. The highest BCUT2D eigenvalue weighted by Crippen LogP contribution is 2.69. The highest BCUT2D eigenvalue weighted by atomic mass is 31.2. The van der Waals surface area contributed by atoms with Crippen molar-refractivity contribution in [2.45, 2.75) is 32.6 Å². The van der Waals surface area contributed by atoms with Gasteiger partial charge in [-0.05, 0) is 75.6 Å². The van der Waals surface area contributed by atoms with Gasteiger partial charge in [-0.15, -0.1) is 0 Å². The second-order valence-electron chi connectivity index (χ2n) is 18.2. The Kier molecular flexibility index (Phi) is 8.04. The maximum absolute atomic E-state index is 16.8. The topological polar surface area (TPSA) is 22.0 Å². The van der Waals surface area contributed by atoms with E-state index in [9.17, 15) is 0 Å². The van der Waals surface area contributed by atoms with Gasteiger partial charge >= 0.3 is 0 Å². The van der Waals surface area contributed by atoms with Gasteiger partial charge in [0.1, 0.15) is 0 Å². The van der Waals surface area contributed by atoms with Gasteiger partial charge in [-0.25, -0.2) is 0 Å². The largest absolute Gasteiger partial charge is 0.309 e. The third kappa shape index (κ3) is 4.95. The number of rotatable bonds is 4. The van der Waals surface area contributed by atoms with Crippen LogP contribution in [0.1, 0.15) is 49.4 Å². The predicted octanol–water partition coefficient (Wildman–Crippen LogP) is 13.6. The summed E-state index contributed by atoms with van der Waals surface area (Å²) in [6.45, 7) is 7.30. The van der Waals surface area contributed by atoms with Gasteiger partial charge < -0.3 is 9.13 Å². The molecule has 12 rings (SSSR count). The van der Waals surface area contributed by atoms with Gasteiger partial charge in [0.25, 0.3) is 0 Å². The summed E-state index contributed by atoms with van der Waals surface area (Å²) in [6.07, 6.45) is 19.9. The van der Waals surface area contributed by atoms with E-state index < -0.39 is 12.6 Å². The van der Waals surface area contributed by atoms with E-state index in [-0.39, 0.29) is 11.3 Å². The Labute approximate surface area is 359 Å². The lowest BCUT2D eigenvalue weighted by atomic mass is 9.55. The molecular weight excluding hydrogens is 758 g/mol. The van der Waals surface area contributed by atoms with Gasteiger partial charge in [-0.1, -0.05) is 214 Å². The quantitative estimate of drug-likeness (QED) is 0.162. The van der Waals surface area contributed by atoms with Crippen LogP contribution in [-0.4, -0.2) is 4.57 Å². The molecule has 7 unspecified atom stereocenters. The molecule has 0 saturated heterocycles. The summed E-state index contributed by atoms with van der Waals surface area (Å²) < 4.78 is 19.3. The van der Waals surface area contributed by atoms with Gasteiger partial charge in [-0.2, -0.15) is 0 Å². The van der Waals surface area contributed by atoms with Crippen LogP contribution in [0.3, 0.4) is 0 Å². The summed E-state index contributed by atoms with van der Waals surface area (Å²) in [6, 6.07) is 54.9. The van der Waals surface area contributed by atoms with E-state index in [1.54, 1.807) is 0 Å². The van der Waals surface area contributed by atoms with Crippen LogP contribution in [0.2, 0.25) is 0 Å². The summed E-state index contributed by atoms with van der Waals surface area (Å²) in [5.74, 6) is 1.38. The van der Waals surface area contributed by atoms with Crippen molar-refractivity contribution in [2.24, 2.45) is 29.1 Å². The zero-order valence-electron chi connectivity index (χ0n) is 34.9. The van der Waals surface area contributed by atoms with Crippen LogP contribution in [0.5, 0.6) is 0 Å². The van der Waals surface area contributed by atoms with Crippen LogP contribution in [0, 0.1) is 29.1 Å². The third-order valence-electron chi connectivity index (χ3n) is 15.1. The molecule has 2 aliphatic heterocycles. The first-order valence-corrected chi connectivity index (χ1v) is 23.7. The number of fused-ring (bicyclic) bond motifs is 10. The number of hydrogen-bond acceptors (Lipinski definition) is 1. The first kappa shape index (κ1) is 36.6. The van der Waals surface area contributed by atoms with E-state index in [1.165, 1.54) is 60.9 Å². The Morgan fingerprint density at radius 1 is 0.656 bits per heavy atom. The number of aromatic nitrogens is 1. The van der Waals surface area contributed by atoms with Crippen molar-refractivity contribution >= 4 is 45.1 Å². The number of benzene rings is 6. The monoisotopic (exact) mass is 805 g/mol. The van der Waals surface area contributed by atoms with E-state index >= 15 is 4.57 Å². The average molecular weight is 806 g/mol. The van der Waals surface area contributed by atoms with Crippen molar-refractivity contribution in [3.63, 3.8) is 0 Å². The molecule has 0 radical (unpaired) electrons. The zero-order chi connectivity index (χ0) is 41.1. The van der Waals surface area contributed by atoms with Gasteiger partial charge in [-0.3, -0.25) is 0 Å². The van der Waals surface area contributed by atoms with E-state index in [0.717, 1.165) is 27.9 Å². The second-order valence-corrected chi connectivity index (χ2v) is 20.9. The molecule has 61 heavy (non-hydrogen) atoms. The fraction of sp³-hybridized carbons (Fsp3) is 0.172. The molecule has 3 aliphatic carbocycles. The Balaban J connectivity index is 1.16. The lowest BCUT2D eigenvalue weighted by Crippen LogP contribution is -2.46. The van der Waals surface area contributed by atoms with Gasteiger partial charge in [0, 0.05) is 32.1 Å². The van der Waals surface area contributed by atoms with Crippen LogP contribution < -0.4 is 10.6 Å². The molecule has 0 bridgehead atoms. The number of para-hydroxylation sites is 3. The van der Waals surface area contributed by atoms with E-state index in [0.29, 0.717) is 17.8 Å². The standard InChI is InChI=1S/C58H48NOP/c1-38-19-10-11-24-43(38)46-35-41(40-20-6-4-7-21-40)36-50(39(46)2)57(3)34-33-55-51(37-57)58(48-28-14-17-32-54(48)61(55,60)42-22-8-5-9-23-42)47-27-13-16-31-53(47)59-52-30-15-12-25-44(52)45-26-18-29-49(58)56(45)59/h4-36,38-39,43,46H,37H2,1-3H3. The smallest absolute Gasteiger partial charge is 0.171 e. The first-order valence-electron chi connectivity index (χ1n) is 22.0. The van der Waals surface area contributed by atoms with E-state index in [4.69, 9.17) is 0 Å². The molecule has 5 aliphatic rings. The van der Waals surface area contributed by atoms with Crippen LogP contribution in [0.4, 0.5) is 0 Å². The molecule has 0 saturated carbocycles. The molecule has 7 aromatic rings. The van der Waals surface area contributed by atoms with Crippen LogP contribution in [0.25, 0.3) is 33.1 Å². The molecule has 3 heterocycles. The molecule has 1 spiro atoms. The van der Waals surface area contributed by atoms with Crippen molar-refractivity contribution in [1.29, 1.82) is 0 Å². The molecular formula is C58H48NOP. The van der Waals surface area contributed by atoms with E-state index in [1.807, 2.05) is 6.07 Å². The lowest BCUT2D eigenvalue weighted by molar-refractivity contribution is 0.288. The number of nitrogens with zero attached hydrogens (tertiary/aromatic N) is 1. The fourth-order valence-corrected chi connectivity index (χ4v) is 15.5. The molecule has 0 N–H and O–H groups in total. The Hall–Kier alpha value is -6.21. The molecule has 2 nitrogen and oxygen atoms in total. The van der Waals surface area contributed by atoms with Crippen molar-refractivity contribution in [3.8, 4) is 5.69 Å². The normalized spacial score (nSPS) is 28.4. The summed E-state index contributed by atoms with van der Waals surface area (Å²) >= 11 is 0. The average Bonchev–Trinajstić information content (AvgIpc) is 3.65. The van der Waals surface area contributed by atoms with Crippen molar-refractivity contribution in [1.82, 2.24) is 4.57 Å². The molecule has 7 atom stereocenters. The molecule has 0 fully saturated rings. The van der Waals surface area contributed by atoms with Gasteiger partial charge in [0.2, 0.25) is 0 Å². The van der Waals surface area contributed by atoms with Crippen molar-refractivity contribution < 1.29 is 4.57 Å². The van der Waals surface area contributed by atoms with E-state index in [2.05, 4.69) is 220 Å². The number of hydrogen-bond donors (Lipinski definition) is 0. The van der Waals surface area contributed by atoms with Crippen LogP contribution in [-0.2, 0) is 9.98 Å². The number of allylic oxidation sites excluding steroid dienone is 12. The second kappa shape index (κ2) is 13.4. The molecule has 3 heteroatoms. The minimum Gasteiger partial charge on any atom is -0.309 e. The molecule has 1 aromatic heterocycles. The van der Waals surface area contributed by atoms with Gasteiger partial charge in [0.05, 0.1) is 22.1 Å². The lowest BCUT2D eigenvalue weighted by Gasteiger charge is -2.52. The minimum absolute atomic E-state index is 0.269. The third-order valence-corrected chi connectivity index (χ3v) is 18.3. The van der Waals surface area contributed by atoms with Crippen molar-refractivity contribution in [3.05, 3.63) is 239 Å². The summed E-state index contributed by atoms with van der Waals surface area (Å²) in [4.78, 5) is 0. The summed E-state index contributed by atoms with van der Waals surface area (Å²) in [5, 5.41) is 5.32. The predicted molar refractivity (Wildman–Crippen MR) is 255 cm³/mol. The highest BCUT2D eigenvalue weighted by Gasteiger charge is 2.57. The Morgan fingerprint density at radius 2 is 1.33 bits per heavy atom.